The van der Waals surface area contributed by atoms with Crippen molar-refractivity contribution in [1.82, 2.24) is 0 Å². The molecule has 0 radical (unpaired) electrons. The molecular formula is C38H83O10Ti2-3. The number of hydrogen-bond acceptors (Lipinski definition) is 7. The molecule has 0 spiro atoms. The maximum absolute atomic E-state index is 12.6. The second-order valence-corrected chi connectivity index (χ2v) is 13.3. The molecule has 0 saturated carbocycles. The Kier molecular flexibility index (Phi) is 80.7. The Balaban J connectivity index is -0.000000300. The Morgan fingerprint density at radius 2 is 0.540 bits per heavy atom. The number of carbonyl (C=O) groups is 2. The fourth-order valence-corrected chi connectivity index (χ4v) is 6.06. The molecule has 0 amide bonds. The van der Waals surface area contributed by atoms with Crippen LogP contribution in [-0.4, -0.2) is 66.8 Å². The standard InChI is InChI=1S/C38H74O4.6H2O.2Ti/c1-3-5-7-9-11-13-15-17-19-21-23-25-27-29-31-33-36(40)38(42,35-39)37(41)34-32-30-28-26-24-22-20-18-16-14-12-10-8-6-4-2;;;;;;;;/h39,42H,3-35H2,1-2H3;6*1H2;;/p-3. The molecule has 12 heteroatoms. The minimum atomic E-state index is -2.19. The molecule has 11 N–H and O–H groups in total. The van der Waals surface area contributed by atoms with Crippen LogP contribution in [0.4, 0.5) is 0 Å². The fraction of sp³-hybridized carbons (Fsp3) is 0.947. The van der Waals surface area contributed by atoms with Crippen molar-refractivity contribution in [3.05, 3.63) is 0 Å². The maximum atomic E-state index is 12.6. The van der Waals surface area contributed by atoms with Gasteiger partial charge in [0.1, 0.15) is 0 Å². The first-order valence-electron chi connectivity index (χ1n) is 18.9. The predicted molar refractivity (Wildman–Crippen MR) is 198 cm³/mol. The summed E-state index contributed by atoms with van der Waals surface area (Å²) in [7, 11) is 0. The number of Topliss-reactive ketones (excluding diaryl/α,β-unsaturated/α-hetero) is 2. The van der Waals surface area contributed by atoms with Gasteiger partial charge < -0.3 is 43.1 Å². The number of ketones is 2. The molecule has 0 unspecified atom stereocenters. The molecule has 0 aliphatic rings. The summed E-state index contributed by atoms with van der Waals surface area (Å²) in [5.74, 6) is -0.990. The van der Waals surface area contributed by atoms with Crippen LogP contribution in [0, 0.1) is 0 Å². The largest absolute Gasteiger partial charge is 0.870 e. The first-order chi connectivity index (χ1) is 20.5. The molecule has 10 nitrogen and oxygen atoms in total. The second-order valence-electron chi connectivity index (χ2n) is 13.3. The summed E-state index contributed by atoms with van der Waals surface area (Å²) in [6, 6.07) is 0. The molecule has 0 atom stereocenters. The zero-order valence-electron chi connectivity index (χ0n) is 32.4. The zero-order chi connectivity index (χ0) is 31.0. The average Bonchev–Trinajstić information content (AvgIpc) is 3.00. The SMILES string of the molecule is CCCCCCCCCCCCCCCCCC(=O)C(O)(CO)C(=O)CCCCCCCCCCCCCCCCC.O.O.O.[OH-].[OH-].[OH-].[Ti].[Ti]. The van der Waals surface area contributed by atoms with Crippen LogP contribution in [0.1, 0.15) is 219 Å². The molecule has 0 aliphatic heterocycles. The first kappa shape index (κ1) is 71.8. The van der Waals surface area contributed by atoms with E-state index in [0.29, 0.717) is 12.8 Å². The van der Waals surface area contributed by atoms with Crippen LogP contribution in [0.3, 0.4) is 0 Å². The van der Waals surface area contributed by atoms with Gasteiger partial charge in [0.15, 0.2) is 11.6 Å². The van der Waals surface area contributed by atoms with E-state index in [0.717, 1.165) is 25.7 Å². The predicted octanol–water partition coefficient (Wildman–Crippen LogP) is 8.36. The topological polar surface area (TPSA) is 259 Å². The van der Waals surface area contributed by atoms with E-state index in [1.165, 1.54) is 154 Å². The number of aliphatic hydroxyl groups excluding tert-OH is 1. The van der Waals surface area contributed by atoms with Gasteiger partial charge in [-0.25, -0.2) is 0 Å². The van der Waals surface area contributed by atoms with Gasteiger partial charge >= 0.3 is 0 Å². The van der Waals surface area contributed by atoms with Gasteiger partial charge in [0.25, 0.3) is 0 Å². The summed E-state index contributed by atoms with van der Waals surface area (Å²) in [6.45, 7) is 3.74. The van der Waals surface area contributed by atoms with E-state index in [4.69, 9.17) is 0 Å². The average molecular weight is 796 g/mol. The van der Waals surface area contributed by atoms with Crippen molar-refractivity contribution < 1.29 is 96.1 Å². The Morgan fingerprint density at radius 1 is 0.380 bits per heavy atom. The molecule has 0 aromatic rings. The third-order valence-electron chi connectivity index (χ3n) is 9.17. The van der Waals surface area contributed by atoms with Gasteiger partial charge in [0.2, 0.25) is 5.60 Å². The Labute approximate surface area is 337 Å². The minimum Gasteiger partial charge on any atom is -0.870 e. The van der Waals surface area contributed by atoms with E-state index in [1.54, 1.807) is 0 Å². The molecule has 0 aromatic heterocycles. The van der Waals surface area contributed by atoms with Gasteiger partial charge in [-0.1, -0.05) is 194 Å². The number of carbonyl (C=O) groups excluding carboxylic acids is 2. The summed E-state index contributed by atoms with van der Waals surface area (Å²) in [4.78, 5) is 25.2. The normalized spacial score (nSPS) is 9.92. The van der Waals surface area contributed by atoms with Crippen LogP contribution in [0.15, 0.2) is 0 Å². The zero-order valence-corrected chi connectivity index (χ0v) is 35.5. The summed E-state index contributed by atoms with van der Waals surface area (Å²) in [5.41, 5.74) is -2.19. The van der Waals surface area contributed by atoms with Crippen LogP contribution < -0.4 is 0 Å². The van der Waals surface area contributed by atoms with Crippen molar-refractivity contribution in [1.29, 1.82) is 0 Å². The van der Waals surface area contributed by atoms with Gasteiger partial charge in [0, 0.05) is 56.3 Å². The minimum absolute atomic E-state index is 0. The molecular weight excluding hydrogens is 712 g/mol. The molecule has 0 saturated heterocycles. The van der Waals surface area contributed by atoms with Crippen LogP contribution >= 0.6 is 0 Å². The smallest absolute Gasteiger partial charge is 0.204 e. The maximum Gasteiger partial charge on any atom is 0.204 e. The van der Waals surface area contributed by atoms with Crippen molar-refractivity contribution >= 4 is 11.6 Å². The van der Waals surface area contributed by atoms with Crippen LogP contribution in [0.5, 0.6) is 0 Å². The quantitative estimate of drug-likeness (QED) is 0.0359. The fourth-order valence-electron chi connectivity index (χ4n) is 6.06. The third-order valence-corrected chi connectivity index (χ3v) is 9.17. The van der Waals surface area contributed by atoms with Crippen LogP contribution in [0.25, 0.3) is 0 Å². The molecule has 0 bridgehead atoms. The summed E-state index contributed by atoms with van der Waals surface area (Å²) >= 11 is 0. The molecule has 0 rings (SSSR count). The molecule has 0 fully saturated rings. The van der Waals surface area contributed by atoms with Gasteiger partial charge in [-0.05, 0) is 12.8 Å². The Bertz CT molecular complexity index is 570. The van der Waals surface area contributed by atoms with E-state index in [1.807, 2.05) is 0 Å². The monoisotopic (exact) mass is 795 g/mol. The van der Waals surface area contributed by atoms with Crippen molar-refractivity contribution in [2.45, 2.75) is 225 Å². The van der Waals surface area contributed by atoms with E-state index < -0.39 is 23.8 Å². The summed E-state index contributed by atoms with van der Waals surface area (Å²) < 4.78 is 0. The van der Waals surface area contributed by atoms with Crippen LogP contribution in [0.2, 0.25) is 0 Å². The van der Waals surface area contributed by atoms with E-state index in [2.05, 4.69) is 13.8 Å². The molecule has 0 aromatic carbocycles. The second kappa shape index (κ2) is 56.2. The van der Waals surface area contributed by atoms with Gasteiger partial charge in [0.05, 0.1) is 6.61 Å². The Morgan fingerprint density at radius 3 is 0.700 bits per heavy atom. The van der Waals surface area contributed by atoms with Crippen molar-refractivity contribution in [2.24, 2.45) is 0 Å². The van der Waals surface area contributed by atoms with E-state index in [9.17, 15) is 19.8 Å². The molecule has 0 aliphatic carbocycles. The van der Waals surface area contributed by atoms with Gasteiger partial charge in [-0.2, -0.15) is 0 Å². The molecule has 50 heavy (non-hydrogen) atoms. The number of rotatable bonds is 35. The molecule has 0 heterocycles. The first-order valence-corrected chi connectivity index (χ1v) is 18.9. The summed E-state index contributed by atoms with van der Waals surface area (Å²) in [5, 5.41) is 20.3. The van der Waals surface area contributed by atoms with Crippen molar-refractivity contribution in [3.63, 3.8) is 0 Å². The Hall–Kier alpha value is 0.449. The van der Waals surface area contributed by atoms with Crippen molar-refractivity contribution in [3.8, 4) is 0 Å². The third kappa shape index (κ3) is 44.6. The van der Waals surface area contributed by atoms with E-state index in [-0.39, 0.29) is 89.1 Å². The number of aliphatic hydroxyl groups is 2. The van der Waals surface area contributed by atoms with Crippen LogP contribution in [-0.2, 0) is 53.0 Å². The molecule has 306 valence electrons. The van der Waals surface area contributed by atoms with Crippen molar-refractivity contribution in [2.75, 3.05) is 6.61 Å². The number of hydrogen-bond donors (Lipinski definition) is 2. The van der Waals surface area contributed by atoms with Gasteiger partial charge in [-0.3, -0.25) is 9.59 Å². The van der Waals surface area contributed by atoms with Gasteiger partial charge in [-0.15, -0.1) is 0 Å². The van der Waals surface area contributed by atoms with E-state index >= 15 is 0 Å². The summed E-state index contributed by atoms with van der Waals surface area (Å²) in [6.07, 6.45) is 38.0. The number of unbranched alkanes of at least 4 members (excludes halogenated alkanes) is 28.